The van der Waals surface area contributed by atoms with Gasteiger partial charge in [0.1, 0.15) is 0 Å². The van der Waals surface area contributed by atoms with Crippen LogP contribution in [0.4, 0.5) is 4.39 Å². The highest BCUT2D eigenvalue weighted by atomic mass is 32.2. The number of rotatable bonds is 1. The van der Waals surface area contributed by atoms with Crippen LogP contribution in [0.3, 0.4) is 0 Å². The predicted octanol–water partition coefficient (Wildman–Crippen LogP) is 0.179. The summed E-state index contributed by atoms with van der Waals surface area (Å²) < 4.78 is 33.7. The van der Waals surface area contributed by atoms with Gasteiger partial charge < -0.3 is 5.11 Å². The molecule has 1 aromatic carbocycles. The molecule has 0 radical (unpaired) electrons. The normalized spacial score (nSPS) is 11.5. The molecule has 0 aliphatic carbocycles. The fourth-order valence-corrected chi connectivity index (χ4v) is 1.20. The molecule has 0 unspecified atom stereocenters. The zero-order valence-corrected chi connectivity index (χ0v) is 6.68. The van der Waals surface area contributed by atoms with Crippen LogP contribution in [0.15, 0.2) is 23.1 Å². The quantitative estimate of drug-likeness (QED) is 0.664. The maximum atomic E-state index is 12.4. The maximum absolute atomic E-state index is 12.4. The predicted molar refractivity (Wildman–Crippen MR) is 39.4 cm³/mol. The molecule has 3 N–H and O–H groups in total. The van der Waals surface area contributed by atoms with Gasteiger partial charge in [0, 0.05) is 6.07 Å². The third-order valence-corrected chi connectivity index (χ3v) is 2.16. The molecule has 0 aliphatic rings. The third-order valence-electron chi connectivity index (χ3n) is 1.25. The molecule has 12 heavy (non-hydrogen) atoms. The first-order valence-electron chi connectivity index (χ1n) is 2.92. The summed E-state index contributed by atoms with van der Waals surface area (Å²) in [6.45, 7) is 0. The third kappa shape index (κ3) is 1.72. The van der Waals surface area contributed by atoms with E-state index < -0.39 is 21.6 Å². The zero-order chi connectivity index (χ0) is 9.35. The number of phenolic OH excluding ortho intramolecular Hbond substituents is 1. The molecule has 0 heterocycles. The summed E-state index contributed by atoms with van der Waals surface area (Å²) in [7, 11) is -3.87. The Hall–Kier alpha value is -1.14. The van der Waals surface area contributed by atoms with Gasteiger partial charge in [0.2, 0.25) is 10.0 Å². The second-order valence-corrected chi connectivity index (χ2v) is 3.72. The summed E-state index contributed by atoms with van der Waals surface area (Å²) in [4.78, 5) is -0.318. The molecule has 0 atom stereocenters. The summed E-state index contributed by atoms with van der Waals surface area (Å²) in [6, 6.07) is 2.56. The van der Waals surface area contributed by atoms with Crippen LogP contribution >= 0.6 is 0 Å². The molecule has 0 aromatic heterocycles. The first-order valence-corrected chi connectivity index (χ1v) is 4.47. The van der Waals surface area contributed by atoms with Crippen molar-refractivity contribution in [2.75, 3.05) is 0 Å². The summed E-state index contributed by atoms with van der Waals surface area (Å²) in [5.74, 6) is -1.62. The lowest BCUT2D eigenvalue weighted by Crippen LogP contribution is -2.11. The lowest BCUT2D eigenvalue weighted by molar-refractivity contribution is 0.430. The molecular formula is C6H6FNO3S. The van der Waals surface area contributed by atoms with Gasteiger partial charge in [0.25, 0.3) is 0 Å². The minimum Gasteiger partial charge on any atom is -0.505 e. The molecule has 4 nitrogen and oxygen atoms in total. The average Bonchev–Trinajstić information content (AvgIpc) is 1.92. The van der Waals surface area contributed by atoms with E-state index in [0.717, 1.165) is 18.2 Å². The average molecular weight is 191 g/mol. The lowest BCUT2D eigenvalue weighted by Gasteiger charge is -1.98. The Morgan fingerprint density at radius 2 is 2.00 bits per heavy atom. The Labute approximate surface area is 68.5 Å². The van der Waals surface area contributed by atoms with E-state index in [-0.39, 0.29) is 4.90 Å². The van der Waals surface area contributed by atoms with Crippen molar-refractivity contribution < 1.29 is 17.9 Å². The molecule has 0 fully saturated rings. The Balaban J connectivity index is 3.33. The highest BCUT2D eigenvalue weighted by molar-refractivity contribution is 7.89. The zero-order valence-electron chi connectivity index (χ0n) is 5.86. The second-order valence-electron chi connectivity index (χ2n) is 2.16. The number of phenols is 1. The first-order chi connectivity index (χ1) is 5.41. The fraction of sp³-hybridized carbons (Fsp3) is 0. The maximum Gasteiger partial charge on any atom is 0.238 e. The first kappa shape index (κ1) is 8.95. The van der Waals surface area contributed by atoms with Gasteiger partial charge in [-0.1, -0.05) is 0 Å². The number of aromatic hydroxyl groups is 1. The van der Waals surface area contributed by atoms with E-state index in [1.54, 1.807) is 0 Å². The van der Waals surface area contributed by atoms with E-state index in [1.165, 1.54) is 0 Å². The molecule has 0 amide bonds. The SMILES string of the molecule is NS(=O)(=O)c1ccc(F)c(O)c1. The van der Waals surface area contributed by atoms with Gasteiger partial charge in [-0.2, -0.15) is 0 Å². The van der Waals surface area contributed by atoms with E-state index in [0.29, 0.717) is 0 Å². The van der Waals surface area contributed by atoms with Crippen LogP contribution in [0, 0.1) is 5.82 Å². The van der Waals surface area contributed by atoms with E-state index in [9.17, 15) is 12.8 Å². The molecule has 0 saturated heterocycles. The van der Waals surface area contributed by atoms with Crippen molar-refractivity contribution >= 4 is 10.0 Å². The molecule has 0 spiro atoms. The Morgan fingerprint density at radius 3 is 2.42 bits per heavy atom. The van der Waals surface area contributed by atoms with Crippen LogP contribution in [0.2, 0.25) is 0 Å². The van der Waals surface area contributed by atoms with E-state index in [2.05, 4.69) is 0 Å². The monoisotopic (exact) mass is 191 g/mol. The highest BCUT2D eigenvalue weighted by Crippen LogP contribution is 2.18. The molecule has 66 valence electrons. The smallest absolute Gasteiger partial charge is 0.238 e. The molecule has 1 rings (SSSR count). The molecule has 0 bridgehead atoms. The van der Waals surface area contributed by atoms with E-state index >= 15 is 0 Å². The number of halogens is 1. The van der Waals surface area contributed by atoms with Gasteiger partial charge in [-0.25, -0.2) is 17.9 Å². The van der Waals surface area contributed by atoms with Gasteiger partial charge in [0.05, 0.1) is 4.90 Å². The highest BCUT2D eigenvalue weighted by Gasteiger charge is 2.10. The van der Waals surface area contributed by atoms with Crippen LogP contribution in [0.5, 0.6) is 5.75 Å². The summed E-state index contributed by atoms with van der Waals surface area (Å²) in [5.41, 5.74) is 0. The van der Waals surface area contributed by atoms with Crippen LogP contribution in [-0.2, 0) is 10.0 Å². The molecule has 1 aromatic rings. The van der Waals surface area contributed by atoms with Crippen molar-refractivity contribution in [1.29, 1.82) is 0 Å². The summed E-state index contributed by atoms with van der Waals surface area (Å²) in [6.07, 6.45) is 0. The number of primary sulfonamides is 1. The van der Waals surface area contributed by atoms with Crippen molar-refractivity contribution in [1.82, 2.24) is 0 Å². The number of sulfonamides is 1. The Morgan fingerprint density at radius 1 is 1.42 bits per heavy atom. The van der Waals surface area contributed by atoms with Crippen LogP contribution in [-0.4, -0.2) is 13.5 Å². The minimum absolute atomic E-state index is 0.318. The molecule has 0 saturated carbocycles. The number of hydrogen-bond donors (Lipinski definition) is 2. The summed E-state index contributed by atoms with van der Waals surface area (Å²) >= 11 is 0. The number of benzene rings is 1. The van der Waals surface area contributed by atoms with Gasteiger partial charge in [-0.15, -0.1) is 0 Å². The molecular weight excluding hydrogens is 185 g/mol. The van der Waals surface area contributed by atoms with E-state index in [4.69, 9.17) is 10.2 Å². The van der Waals surface area contributed by atoms with Crippen molar-refractivity contribution in [3.63, 3.8) is 0 Å². The second kappa shape index (κ2) is 2.72. The topological polar surface area (TPSA) is 80.4 Å². The standard InChI is InChI=1S/C6H6FNO3S/c7-5-2-1-4(3-6(5)9)12(8,10)11/h1-3,9H,(H2,8,10,11). The van der Waals surface area contributed by atoms with Gasteiger partial charge in [-0.3, -0.25) is 0 Å². The molecule has 6 heteroatoms. The fourth-order valence-electron chi connectivity index (χ4n) is 0.669. The van der Waals surface area contributed by atoms with Crippen LogP contribution in [0.1, 0.15) is 0 Å². The van der Waals surface area contributed by atoms with Crippen molar-refractivity contribution in [2.24, 2.45) is 5.14 Å². The van der Waals surface area contributed by atoms with Gasteiger partial charge >= 0.3 is 0 Å². The van der Waals surface area contributed by atoms with Crippen molar-refractivity contribution in [2.45, 2.75) is 4.90 Å². The van der Waals surface area contributed by atoms with Crippen LogP contribution < -0.4 is 5.14 Å². The van der Waals surface area contributed by atoms with Gasteiger partial charge in [-0.05, 0) is 12.1 Å². The van der Waals surface area contributed by atoms with E-state index in [1.807, 2.05) is 0 Å². The minimum atomic E-state index is -3.87. The Kier molecular flexibility index (Phi) is 2.03. The van der Waals surface area contributed by atoms with Gasteiger partial charge in [0.15, 0.2) is 11.6 Å². The Bertz CT molecular complexity index is 401. The summed E-state index contributed by atoms with van der Waals surface area (Å²) in [5, 5.41) is 13.5. The van der Waals surface area contributed by atoms with Crippen molar-refractivity contribution in [3.05, 3.63) is 24.0 Å². The van der Waals surface area contributed by atoms with Crippen molar-refractivity contribution in [3.8, 4) is 5.75 Å². The number of nitrogens with two attached hydrogens (primary N) is 1. The van der Waals surface area contributed by atoms with Crippen LogP contribution in [0.25, 0.3) is 0 Å². The molecule has 0 aliphatic heterocycles. The lowest BCUT2D eigenvalue weighted by atomic mass is 10.3. The largest absolute Gasteiger partial charge is 0.505 e. The number of hydrogen-bond acceptors (Lipinski definition) is 3.